The van der Waals surface area contributed by atoms with Crippen LogP contribution < -0.4 is 9.47 Å². The second-order valence-corrected chi connectivity index (χ2v) is 7.76. The average molecular weight is 418 g/mol. The molecule has 0 spiro atoms. The van der Waals surface area contributed by atoms with E-state index in [1.807, 2.05) is 36.4 Å². The molecule has 0 saturated carbocycles. The molecule has 4 aromatic rings. The quantitative estimate of drug-likeness (QED) is 0.369. The monoisotopic (exact) mass is 417 g/mol. The van der Waals surface area contributed by atoms with E-state index in [-0.39, 0.29) is 0 Å². The van der Waals surface area contributed by atoms with Crippen molar-refractivity contribution in [1.29, 1.82) is 0 Å². The number of benzene rings is 3. The van der Waals surface area contributed by atoms with Gasteiger partial charge in [0.05, 0.1) is 14.2 Å². The minimum absolute atomic E-state index is 0.659. The fourth-order valence-corrected chi connectivity index (χ4v) is 4.08. The van der Waals surface area contributed by atoms with E-state index in [1.54, 1.807) is 26.0 Å². The second kappa shape index (κ2) is 9.05. The van der Waals surface area contributed by atoms with E-state index in [0.29, 0.717) is 11.5 Å². The number of hydrogen-bond acceptors (Lipinski definition) is 5. The van der Waals surface area contributed by atoms with Gasteiger partial charge in [0.1, 0.15) is 0 Å². The summed E-state index contributed by atoms with van der Waals surface area (Å²) in [7, 11) is 3.26. The molecule has 5 nitrogen and oxygen atoms in total. The number of rotatable bonds is 7. The highest BCUT2D eigenvalue weighted by atomic mass is 32.2. The minimum atomic E-state index is 0.659. The summed E-state index contributed by atoms with van der Waals surface area (Å²) >= 11 is 1.67. The Kier molecular flexibility index (Phi) is 6.05. The van der Waals surface area contributed by atoms with E-state index in [1.165, 1.54) is 11.1 Å². The Bertz CT molecular complexity index is 1130. The topological polar surface area (TPSA) is 49.2 Å². The fourth-order valence-electron chi connectivity index (χ4n) is 3.17. The van der Waals surface area contributed by atoms with Crippen LogP contribution in [0.3, 0.4) is 0 Å². The van der Waals surface area contributed by atoms with E-state index in [0.717, 1.165) is 28.0 Å². The minimum Gasteiger partial charge on any atom is -0.493 e. The number of para-hydroxylation sites is 1. The first kappa shape index (κ1) is 20.0. The first-order chi connectivity index (χ1) is 14.7. The Labute approximate surface area is 180 Å². The van der Waals surface area contributed by atoms with E-state index < -0.39 is 0 Å². The van der Waals surface area contributed by atoms with Crippen molar-refractivity contribution < 1.29 is 9.47 Å². The third-order valence-electron chi connectivity index (χ3n) is 4.78. The average Bonchev–Trinajstić information content (AvgIpc) is 3.22. The van der Waals surface area contributed by atoms with Gasteiger partial charge >= 0.3 is 0 Å². The number of thioether (sulfide) groups is 1. The maximum absolute atomic E-state index is 5.48. The molecule has 0 bridgehead atoms. The first-order valence-electron chi connectivity index (χ1n) is 9.61. The first-order valence-corrected chi connectivity index (χ1v) is 10.6. The van der Waals surface area contributed by atoms with Crippen LogP contribution in [-0.2, 0) is 5.75 Å². The Morgan fingerprint density at radius 3 is 2.27 bits per heavy atom. The normalized spacial score (nSPS) is 10.8. The molecule has 0 amide bonds. The van der Waals surface area contributed by atoms with Crippen LogP contribution in [0.5, 0.6) is 11.5 Å². The lowest BCUT2D eigenvalue weighted by atomic mass is 10.2. The maximum atomic E-state index is 5.48. The van der Waals surface area contributed by atoms with Crippen molar-refractivity contribution in [2.24, 2.45) is 0 Å². The summed E-state index contributed by atoms with van der Waals surface area (Å²) < 4.78 is 12.9. The van der Waals surface area contributed by atoms with Gasteiger partial charge in [0.2, 0.25) is 0 Å². The molecule has 30 heavy (non-hydrogen) atoms. The Morgan fingerprint density at radius 2 is 1.57 bits per heavy atom. The van der Waals surface area contributed by atoms with Crippen LogP contribution in [0.15, 0.2) is 78.0 Å². The summed E-state index contributed by atoms with van der Waals surface area (Å²) in [5.41, 5.74) is 4.43. The molecule has 3 aromatic carbocycles. The predicted octanol–water partition coefficient (Wildman–Crippen LogP) is 5.55. The summed E-state index contributed by atoms with van der Waals surface area (Å²) in [5, 5.41) is 9.86. The molecule has 1 heterocycles. The predicted molar refractivity (Wildman–Crippen MR) is 121 cm³/mol. The summed E-state index contributed by atoms with van der Waals surface area (Å²) in [5.74, 6) is 2.91. The van der Waals surface area contributed by atoms with E-state index >= 15 is 0 Å². The van der Waals surface area contributed by atoms with Crippen molar-refractivity contribution in [2.75, 3.05) is 14.2 Å². The summed E-state index contributed by atoms with van der Waals surface area (Å²) in [6.07, 6.45) is 0. The highest BCUT2D eigenvalue weighted by Gasteiger charge is 2.18. The van der Waals surface area contributed by atoms with Crippen LogP contribution in [0, 0.1) is 6.92 Å². The van der Waals surface area contributed by atoms with Crippen molar-refractivity contribution in [2.45, 2.75) is 17.8 Å². The van der Waals surface area contributed by atoms with Gasteiger partial charge < -0.3 is 9.47 Å². The fraction of sp³-hybridized carbons (Fsp3) is 0.167. The molecule has 0 saturated heterocycles. The number of nitrogens with zero attached hydrogens (tertiary/aromatic N) is 3. The third kappa shape index (κ3) is 4.19. The molecule has 0 aliphatic heterocycles. The van der Waals surface area contributed by atoms with Gasteiger partial charge in [0.15, 0.2) is 22.5 Å². The molecule has 4 rings (SSSR count). The second-order valence-electron chi connectivity index (χ2n) is 6.82. The molecule has 6 heteroatoms. The Morgan fingerprint density at radius 1 is 0.833 bits per heavy atom. The number of hydrogen-bond donors (Lipinski definition) is 0. The molecular formula is C24H23N3O2S. The van der Waals surface area contributed by atoms with Crippen LogP contribution in [0.1, 0.15) is 11.1 Å². The molecule has 0 N–H and O–H groups in total. The van der Waals surface area contributed by atoms with Crippen LogP contribution in [0.25, 0.3) is 17.1 Å². The van der Waals surface area contributed by atoms with Crippen molar-refractivity contribution >= 4 is 11.8 Å². The molecule has 0 unspecified atom stereocenters. The summed E-state index contributed by atoms with van der Waals surface area (Å²) in [6.45, 7) is 2.10. The maximum Gasteiger partial charge on any atom is 0.196 e. The molecule has 0 aliphatic rings. The van der Waals surface area contributed by atoms with Crippen LogP contribution in [0.4, 0.5) is 0 Å². The molecule has 152 valence electrons. The largest absolute Gasteiger partial charge is 0.493 e. The zero-order chi connectivity index (χ0) is 20.9. The Balaban J connectivity index is 1.73. The molecule has 0 fully saturated rings. The van der Waals surface area contributed by atoms with E-state index in [4.69, 9.17) is 9.47 Å². The lowest BCUT2D eigenvalue weighted by Crippen LogP contribution is -2.00. The third-order valence-corrected chi connectivity index (χ3v) is 5.78. The molecular weight excluding hydrogens is 394 g/mol. The van der Waals surface area contributed by atoms with Crippen LogP contribution in [0.2, 0.25) is 0 Å². The van der Waals surface area contributed by atoms with Gasteiger partial charge in [-0.2, -0.15) is 0 Å². The van der Waals surface area contributed by atoms with Gasteiger partial charge in [-0.25, -0.2) is 0 Å². The molecule has 0 aliphatic carbocycles. The number of aryl methyl sites for hydroxylation is 1. The van der Waals surface area contributed by atoms with Gasteiger partial charge in [-0.1, -0.05) is 59.8 Å². The van der Waals surface area contributed by atoms with Crippen molar-refractivity contribution in [3.05, 3.63) is 83.9 Å². The van der Waals surface area contributed by atoms with Crippen molar-refractivity contribution in [1.82, 2.24) is 14.8 Å². The molecule has 0 atom stereocenters. The highest BCUT2D eigenvalue weighted by molar-refractivity contribution is 7.98. The number of aromatic nitrogens is 3. The lowest BCUT2D eigenvalue weighted by Gasteiger charge is -2.12. The standard InChI is InChI=1S/C24H23N3O2S/c1-17-9-11-18(12-10-17)16-30-24-26-25-23(27(24)20-7-5-4-6-8-20)19-13-14-21(28-2)22(15-19)29-3/h4-15H,16H2,1-3H3. The van der Waals surface area contributed by atoms with Crippen molar-refractivity contribution in [3.8, 4) is 28.6 Å². The molecule has 0 radical (unpaired) electrons. The Hall–Kier alpha value is -3.25. The van der Waals surface area contributed by atoms with Gasteiger partial charge in [-0.3, -0.25) is 4.57 Å². The molecule has 1 aromatic heterocycles. The lowest BCUT2D eigenvalue weighted by molar-refractivity contribution is 0.355. The zero-order valence-electron chi connectivity index (χ0n) is 17.2. The van der Waals surface area contributed by atoms with Crippen molar-refractivity contribution in [3.63, 3.8) is 0 Å². The van der Waals surface area contributed by atoms with Gasteiger partial charge in [-0.05, 0) is 42.8 Å². The summed E-state index contributed by atoms with van der Waals surface area (Å²) in [6, 6.07) is 24.5. The highest BCUT2D eigenvalue weighted by Crippen LogP contribution is 2.34. The van der Waals surface area contributed by atoms with Crippen LogP contribution in [-0.4, -0.2) is 29.0 Å². The summed E-state index contributed by atoms with van der Waals surface area (Å²) in [4.78, 5) is 0. The van der Waals surface area contributed by atoms with E-state index in [2.05, 4.69) is 58.1 Å². The smallest absolute Gasteiger partial charge is 0.196 e. The van der Waals surface area contributed by atoms with Gasteiger partial charge in [0.25, 0.3) is 0 Å². The SMILES string of the molecule is COc1ccc(-c2nnc(SCc3ccc(C)cc3)n2-c2ccccc2)cc1OC. The van der Waals surface area contributed by atoms with Crippen LogP contribution >= 0.6 is 11.8 Å². The zero-order valence-corrected chi connectivity index (χ0v) is 18.0. The van der Waals surface area contributed by atoms with Gasteiger partial charge in [0, 0.05) is 17.0 Å². The number of methoxy groups -OCH3 is 2. The number of ether oxygens (including phenoxy) is 2. The van der Waals surface area contributed by atoms with E-state index in [9.17, 15) is 0 Å². The van der Waals surface area contributed by atoms with Gasteiger partial charge in [-0.15, -0.1) is 10.2 Å².